The Morgan fingerprint density at radius 2 is 2.23 bits per heavy atom. The molecule has 0 fully saturated rings. The van der Waals surface area contributed by atoms with Crippen LogP contribution in [0.5, 0.6) is 5.75 Å². The van der Waals surface area contributed by atoms with E-state index in [2.05, 4.69) is 39.0 Å². The normalized spacial score (nSPS) is 10.7. The fraction of sp³-hybridized carbons (Fsp3) is 0.263. The van der Waals surface area contributed by atoms with Crippen LogP contribution in [0.25, 0.3) is 0 Å². The second-order valence-electron chi connectivity index (χ2n) is 5.49. The minimum Gasteiger partial charge on any atom is -0.488 e. The van der Waals surface area contributed by atoms with Crippen molar-refractivity contribution >= 4 is 38.9 Å². The number of nitrogens with zero attached hydrogens (tertiary/aromatic N) is 4. The molecule has 11 nitrogen and oxygen atoms in total. The van der Waals surface area contributed by atoms with Crippen molar-refractivity contribution in [3.05, 3.63) is 47.7 Å². The number of anilines is 2. The first-order chi connectivity index (χ1) is 15.0. The first-order valence-electron chi connectivity index (χ1n) is 8.89. The maximum absolute atomic E-state index is 12.4. The first-order valence-corrected chi connectivity index (χ1v) is 9.71. The zero-order chi connectivity index (χ0) is 23.2. The number of aromatic nitrogens is 2. The van der Waals surface area contributed by atoms with Gasteiger partial charge in [0.2, 0.25) is 16.0 Å². The molecule has 4 N–H and O–H groups in total. The van der Waals surface area contributed by atoms with Crippen LogP contribution < -0.4 is 26.7 Å². The van der Waals surface area contributed by atoms with E-state index in [1.807, 2.05) is 6.07 Å². The quantitative estimate of drug-likeness (QED) is 0.298. The van der Waals surface area contributed by atoms with Crippen molar-refractivity contribution in [3.8, 4) is 11.8 Å². The standard InChI is InChI=1S/C17H19N7O4S.C2H4/c1-10(5-7-19)21-16-23-24-17(29-16)22-14(25)12-9-11(20-8-4-3-6-18)13(27-2)15(26)28-12;1-2/h5,7,9,20H,3-4,8,19H2,1-2H3,(H,22,24,25);1-2H2/b7-5-,21-10+;. The molecule has 0 atom stereocenters. The summed E-state index contributed by atoms with van der Waals surface area (Å²) in [6, 6.07) is 3.37. The predicted octanol–water partition coefficient (Wildman–Crippen LogP) is 2.83. The molecule has 2 aromatic rings. The topological polar surface area (TPSA) is 169 Å². The number of amides is 1. The van der Waals surface area contributed by atoms with Crippen LogP contribution >= 0.6 is 11.3 Å². The van der Waals surface area contributed by atoms with Gasteiger partial charge in [0.05, 0.1) is 18.9 Å². The highest BCUT2D eigenvalue weighted by atomic mass is 32.1. The minimum absolute atomic E-state index is 0.0607. The second kappa shape index (κ2) is 13.3. The largest absolute Gasteiger partial charge is 0.488 e. The van der Waals surface area contributed by atoms with Gasteiger partial charge in [-0.3, -0.25) is 10.1 Å². The summed E-state index contributed by atoms with van der Waals surface area (Å²) in [5.74, 6) is -0.981. The zero-order valence-electron chi connectivity index (χ0n) is 17.2. The number of carbonyl (C=O) groups is 1. The minimum atomic E-state index is -0.810. The zero-order valence-corrected chi connectivity index (χ0v) is 18.0. The van der Waals surface area contributed by atoms with Crippen LogP contribution in [-0.2, 0) is 0 Å². The summed E-state index contributed by atoms with van der Waals surface area (Å²) in [7, 11) is 1.32. The molecule has 0 saturated heterocycles. The van der Waals surface area contributed by atoms with E-state index in [0.717, 1.165) is 11.3 Å². The van der Waals surface area contributed by atoms with E-state index in [1.165, 1.54) is 19.4 Å². The highest BCUT2D eigenvalue weighted by Gasteiger charge is 2.18. The Hall–Kier alpha value is -3.98. The van der Waals surface area contributed by atoms with Gasteiger partial charge in [-0.25, -0.2) is 9.79 Å². The van der Waals surface area contributed by atoms with Crippen LogP contribution in [0.3, 0.4) is 0 Å². The fourth-order valence-electron chi connectivity index (χ4n) is 2.11. The van der Waals surface area contributed by atoms with Crippen molar-refractivity contribution in [3.63, 3.8) is 0 Å². The smallest absolute Gasteiger partial charge is 0.381 e. The van der Waals surface area contributed by atoms with Gasteiger partial charge in [0.25, 0.3) is 5.91 Å². The molecular weight excluding hydrogens is 422 g/mol. The average molecular weight is 446 g/mol. The summed E-state index contributed by atoms with van der Waals surface area (Å²) in [5.41, 5.74) is 5.39. The van der Waals surface area contributed by atoms with Gasteiger partial charge in [0.15, 0.2) is 5.76 Å². The van der Waals surface area contributed by atoms with Crippen molar-refractivity contribution < 1.29 is 13.9 Å². The number of ether oxygens (including phenoxy) is 1. The van der Waals surface area contributed by atoms with Crippen LogP contribution in [0.15, 0.2) is 45.7 Å². The van der Waals surface area contributed by atoms with E-state index < -0.39 is 11.5 Å². The van der Waals surface area contributed by atoms with Crippen LogP contribution in [0, 0.1) is 11.3 Å². The SMILES string of the molecule is C=C.COc1c(NCCCC#N)cc(C(=O)Nc2nnc(/N=C(C)/C=C\N)s2)oc1=O. The molecule has 0 aliphatic carbocycles. The average Bonchev–Trinajstić information content (AvgIpc) is 3.19. The van der Waals surface area contributed by atoms with E-state index >= 15 is 0 Å². The summed E-state index contributed by atoms with van der Waals surface area (Å²) in [4.78, 5) is 28.7. The third kappa shape index (κ3) is 7.75. The monoisotopic (exact) mass is 445 g/mol. The number of hydrogen-bond donors (Lipinski definition) is 3. The van der Waals surface area contributed by atoms with E-state index in [9.17, 15) is 9.59 Å². The number of aliphatic imine (C=N–C) groups is 1. The predicted molar refractivity (Wildman–Crippen MR) is 120 cm³/mol. The lowest BCUT2D eigenvalue weighted by molar-refractivity contribution is 0.0991. The lowest BCUT2D eigenvalue weighted by Gasteiger charge is -2.10. The third-order valence-corrected chi connectivity index (χ3v) is 4.09. The Morgan fingerprint density at radius 3 is 2.87 bits per heavy atom. The first kappa shape index (κ1) is 25.1. The summed E-state index contributed by atoms with van der Waals surface area (Å²) in [5, 5.41) is 22.2. The molecule has 0 spiro atoms. The second-order valence-corrected chi connectivity index (χ2v) is 6.45. The molecule has 0 aromatic carbocycles. The van der Waals surface area contributed by atoms with E-state index in [1.54, 1.807) is 13.0 Å². The molecule has 0 aliphatic rings. The molecule has 2 rings (SSSR count). The molecule has 0 aliphatic heterocycles. The summed E-state index contributed by atoms with van der Waals surface area (Å²) >= 11 is 1.04. The van der Waals surface area contributed by atoms with Gasteiger partial charge in [-0.2, -0.15) is 5.26 Å². The Bertz CT molecular complexity index is 1040. The van der Waals surface area contributed by atoms with Gasteiger partial charge >= 0.3 is 5.63 Å². The molecule has 0 radical (unpaired) electrons. The van der Waals surface area contributed by atoms with Gasteiger partial charge in [-0.1, -0.05) is 11.3 Å². The lowest BCUT2D eigenvalue weighted by Crippen LogP contribution is -2.17. The number of nitriles is 1. The Balaban J connectivity index is 0.00000233. The summed E-state index contributed by atoms with van der Waals surface area (Å²) < 4.78 is 10.1. The molecule has 0 unspecified atom stereocenters. The van der Waals surface area contributed by atoms with Gasteiger partial charge < -0.3 is 20.2 Å². The number of methoxy groups -OCH3 is 1. The van der Waals surface area contributed by atoms with Crippen LogP contribution in [0.2, 0.25) is 0 Å². The Labute approximate surface area is 183 Å². The molecule has 0 bridgehead atoms. The molecule has 2 aromatic heterocycles. The summed E-state index contributed by atoms with van der Waals surface area (Å²) in [6.45, 7) is 8.16. The lowest BCUT2D eigenvalue weighted by atomic mass is 10.3. The summed E-state index contributed by atoms with van der Waals surface area (Å²) in [6.07, 6.45) is 3.86. The van der Waals surface area contributed by atoms with Gasteiger partial charge in [-0.15, -0.1) is 23.4 Å². The van der Waals surface area contributed by atoms with Gasteiger partial charge in [0.1, 0.15) is 0 Å². The van der Waals surface area contributed by atoms with Crippen molar-refractivity contribution in [2.24, 2.45) is 10.7 Å². The van der Waals surface area contributed by atoms with Crippen molar-refractivity contribution in [1.29, 1.82) is 5.26 Å². The number of rotatable bonds is 9. The van der Waals surface area contributed by atoms with Crippen LogP contribution in [-0.4, -0.2) is 35.5 Å². The Morgan fingerprint density at radius 1 is 1.48 bits per heavy atom. The molecule has 0 saturated carbocycles. The molecule has 2 heterocycles. The molecule has 1 amide bonds. The molecular formula is C19H23N7O4S. The van der Waals surface area contributed by atoms with Crippen molar-refractivity contribution in [1.82, 2.24) is 10.2 Å². The third-order valence-electron chi connectivity index (χ3n) is 3.36. The Kier molecular flexibility index (Phi) is 10.7. The number of nitrogens with one attached hydrogen (secondary N) is 2. The number of allylic oxidation sites excluding steroid dienone is 1. The molecule has 31 heavy (non-hydrogen) atoms. The number of unbranched alkanes of at least 4 members (excludes halogenated alkanes) is 1. The van der Waals surface area contributed by atoms with Gasteiger partial charge in [0, 0.05) is 24.7 Å². The molecule has 12 heteroatoms. The number of carbonyl (C=O) groups excluding carboxylic acids is 1. The maximum atomic E-state index is 12.4. The number of hydrogen-bond acceptors (Lipinski definition) is 11. The van der Waals surface area contributed by atoms with Crippen molar-refractivity contribution in [2.45, 2.75) is 19.8 Å². The van der Waals surface area contributed by atoms with E-state index in [-0.39, 0.29) is 16.6 Å². The highest BCUT2D eigenvalue weighted by Crippen LogP contribution is 2.25. The molecule has 164 valence electrons. The highest BCUT2D eigenvalue weighted by molar-refractivity contribution is 7.18. The fourth-order valence-corrected chi connectivity index (χ4v) is 2.78. The van der Waals surface area contributed by atoms with Crippen molar-refractivity contribution in [2.75, 3.05) is 24.3 Å². The van der Waals surface area contributed by atoms with E-state index in [4.69, 9.17) is 20.1 Å². The van der Waals surface area contributed by atoms with E-state index in [0.29, 0.717) is 35.9 Å². The van der Waals surface area contributed by atoms with Gasteiger partial charge in [-0.05, 0) is 25.6 Å². The van der Waals surface area contributed by atoms with Crippen LogP contribution in [0.1, 0.15) is 30.3 Å². The maximum Gasteiger partial charge on any atom is 0.381 e. The number of nitrogens with two attached hydrogens (primary N) is 1. The van der Waals surface area contributed by atoms with Crippen LogP contribution in [0.4, 0.5) is 16.0 Å².